The number of nitrogens with one attached hydrogen (secondary N) is 1. The minimum atomic E-state index is -3.39. The van der Waals surface area contributed by atoms with Crippen LogP contribution in [0.4, 0.5) is 5.69 Å². The van der Waals surface area contributed by atoms with Gasteiger partial charge in [-0.1, -0.05) is 36.4 Å². The van der Waals surface area contributed by atoms with Crippen LogP contribution in [0, 0.1) is 20.8 Å². The van der Waals surface area contributed by atoms with Crippen molar-refractivity contribution in [3.05, 3.63) is 101 Å². The van der Waals surface area contributed by atoms with E-state index in [-0.39, 0.29) is 41.7 Å². The number of hydrogen-bond acceptors (Lipinski definition) is 9. The monoisotopic (exact) mass is 655 g/mol. The second-order valence-corrected chi connectivity index (χ2v) is 14.0. The zero-order valence-corrected chi connectivity index (χ0v) is 28.2. The summed E-state index contributed by atoms with van der Waals surface area (Å²) >= 11 is 0. The largest absolute Gasteiger partial charge is 0.472 e. The van der Waals surface area contributed by atoms with E-state index in [1.165, 1.54) is 0 Å². The maximum absolute atomic E-state index is 13.7. The fourth-order valence-corrected chi connectivity index (χ4v) is 7.72. The third-order valence-electron chi connectivity index (χ3n) is 9.01. The molecular formula is C35H41N7O4S. The van der Waals surface area contributed by atoms with E-state index in [9.17, 15) is 13.9 Å². The molecule has 2 aromatic carbocycles. The standard InChI is InChI=1S/C35H41N7O4S/c1-6-27-21-41(47(44,45)32-9-8-15-37-35(32)46-27)20-26-17-25(11-10-22(26)3)29(18-33(43)38-30-19-36-16-14-23(30)4)28-12-13-31-34(24(28)5)39-40-42(31)7-2/h8-17,19,27,29,44-45H,6-7,18,20-21H2,1-5H3,(H,38,43). The van der Waals surface area contributed by atoms with Crippen molar-refractivity contribution in [2.75, 3.05) is 11.9 Å². The summed E-state index contributed by atoms with van der Waals surface area (Å²) in [6, 6.07) is 15.5. The van der Waals surface area contributed by atoms with Crippen molar-refractivity contribution in [3.63, 3.8) is 0 Å². The zero-order valence-electron chi connectivity index (χ0n) is 27.3. The Morgan fingerprint density at radius 1 is 1.09 bits per heavy atom. The summed E-state index contributed by atoms with van der Waals surface area (Å²) in [5.41, 5.74) is 8.16. The molecule has 3 aromatic heterocycles. The fraction of sp³-hybridized carbons (Fsp3) is 0.343. The zero-order chi connectivity index (χ0) is 33.3. The minimum Gasteiger partial charge on any atom is -0.472 e. The van der Waals surface area contributed by atoms with Crippen molar-refractivity contribution >= 4 is 33.4 Å². The number of nitrogens with zero attached hydrogens (tertiary/aromatic N) is 6. The van der Waals surface area contributed by atoms with E-state index in [4.69, 9.17) is 4.74 Å². The molecule has 5 aromatic rings. The van der Waals surface area contributed by atoms with Crippen LogP contribution in [0.3, 0.4) is 0 Å². The number of ether oxygens (including phenoxy) is 1. The number of anilines is 1. The van der Waals surface area contributed by atoms with Crippen molar-refractivity contribution in [1.82, 2.24) is 29.3 Å². The third kappa shape index (κ3) is 6.46. The number of benzene rings is 2. The van der Waals surface area contributed by atoms with Gasteiger partial charge >= 0.3 is 0 Å². The number of rotatable bonds is 9. The first-order valence-electron chi connectivity index (χ1n) is 15.9. The summed E-state index contributed by atoms with van der Waals surface area (Å²) in [5.74, 6) is -0.199. The van der Waals surface area contributed by atoms with Gasteiger partial charge in [-0.05, 0) is 91.8 Å². The van der Waals surface area contributed by atoms with Crippen LogP contribution in [0.1, 0.15) is 66.0 Å². The SMILES string of the molecule is CCC1CN(Cc2cc(C(CC(=O)Nc3cnccc3C)c3ccc4c(nnn4CC)c3C)ccc2C)S(O)(O)c2cccnc2O1. The Morgan fingerprint density at radius 2 is 1.91 bits per heavy atom. The molecule has 12 heteroatoms. The van der Waals surface area contributed by atoms with E-state index in [1.807, 2.05) is 57.5 Å². The van der Waals surface area contributed by atoms with Crippen molar-refractivity contribution in [2.24, 2.45) is 0 Å². The molecular weight excluding hydrogens is 614 g/mol. The van der Waals surface area contributed by atoms with Crippen molar-refractivity contribution in [2.45, 2.75) is 77.5 Å². The molecule has 11 nitrogen and oxygen atoms in total. The van der Waals surface area contributed by atoms with Crippen LogP contribution in [-0.2, 0) is 17.9 Å². The molecule has 0 fully saturated rings. The highest BCUT2D eigenvalue weighted by Gasteiger charge is 2.36. The maximum atomic E-state index is 13.7. The Kier molecular flexibility index (Phi) is 9.29. The van der Waals surface area contributed by atoms with E-state index in [1.54, 1.807) is 35.0 Å². The predicted octanol–water partition coefficient (Wildman–Crippen LogP) is 7.02. The molecule has 0 saturated carbocycles. The van der Waals surface area contributed by atoms with Gasteiger partial charge in [0.25, 0.3) is 0 Å². The van der Waals surface area contributed by atoms with Gasteiger partial charge in [-0.3, -0.25) is 18.9 Å². The van der Waals surface area contributed by atoms with Gasteiger partial charge in [-0.25, -0.2) is 9.67 Å². The summed E-state index contributed by atoms with van der Waals surface area (Å²) in [7, 11) is -3.39. The van der Waals surface area contributed by atoms with Gasteiger partial charge in [0.05, 0.1) is 23.9 Å². The lowest BCUT2D eigenvalue weighted by atomic mass is 9.84. The number of fused-ring (bicyclic) bond motifs is 2. The molecule has 2 unspecified atom stereocenters. The van der Waals surface area contributed by atoms with Crippen LogP contribution in [0.25, 0.3) is 11.0 Å². The van der Waals surface area contributed by atoms with Crippen molar-refractivity contribution < 1.29 is 18.6 Å². The van der Waals surface area contributed by atoms with Gasteiger partial charge in [0, 0.05) is 37.8 Å². The highest BCUT2D eigenvalue weighted by molar-refractivity contribution is 8.22. The third-order valence-corrected chi connectivity index (χ3v) is 10.9. The van der Waals surface area contributed by atoms with Crippen molar-refractivity contribution in [1.29, 1.82) is 0 Å². The summed E-state index contributed by atoms with van der Waals surface area (Å²) in [6.07, 6.45) is 5.55. The lowest BCUT2D eigenvalue weighted by Crippen LogP contribution is -2.34. The van der Waals surface area contributed by atoms with Crippen LogP contribution in [-0.4, -0.2) is 56.9 Å². The molecule has 0 saturated heterocycles. The molecule has 47 heavy (non-hydrogen) atoms. The summed E-state index contributed by atoms with van der Waals surface area (Å²) in [5, 5.41) is 11.9. The van der Waals surface area contributed by atoms with E-state index in [0.29, 0.717) is 25.2 Å². The molecule has 0 radical (unpaired) electrons. The van der Waals surface area contributed by atoms with E-state index >= 15 is 0 Å². The number of hydrogen-bond donors (Lipinski definition) is 3. The quantitative estimate of drug-likeness (QED) is 0.153. The number of aromatic nitrogens is 5. The normalized spacial score (nSPS) is 17.4. The first kappa shape index (κ1) is 32.6. The Labute approximate surface area is 276 Å². The smallest absolute Gasteiger partial charge is 0.239 e. The minimum absolute atomic E-state index is 0.140. The number of aryl methyl sites for hydroxylation is 4. The van der Waals surface area contributed by atoms with Crippen molar-refractivity contribution in [3.8, 4) is 5.88 Å². The first-order valence-corrected chi connectivity index (χ1v) is 17.4. The summed E-state index contributed by atoms with van der Waals surface area (Å²) in [6.45, 7) is 11.3. The molecule has 1 aliphatic rings. The average Bonchev–Trinajstić information content (AvgIpc) is 3.45. The average molecular weight is 656 g/mol. The second-order valence-electron chi connectivity index (χ2n) is 12.0. The van der Waals surface area contributed by atoms with Gasteiger partial charge in [0.1, 0.15) is 16.5 Å². The van der Waals surface area contributed by atoms with Gasteiger partial charge in [-0.2, -0.15) is 4.31 Å². The molecule has 0 bridgehead atoms. The lowest BCUT2D eigenvalue weighted by Gasteiger charge is -2.41. The highest BCUT2D eigenvalue weighted by atomic mass is 32.3. The highest BCUT2D eigenvalue weighted by Crippen LogP contribution is 2.57. The molecule has 2 atom stereocenters. The number of carbonyl (C=O) groups excluding carboxylic acids is 1. The Bertz CT molecular complexity index is 1930. The van der Waals surface area contributed by atoms with Crippen LogP contribution in [0.2, 0.25) is 0 Å². The molecule has 246 valence electrons. The second kappa shape index (κ2) is 13.4. The number of amides is 1. The maximum Gasteiger partial charge on any atom is 0.239 e. The van der Waals surface area contributed by atoms with Gasteiger partial charge in [0.15, 0.2) is 0 Å². The molecule has 1 amide bonds. The Morgan fingerprint density at radius 3 is 2.68 bits per heavy atom. The van der Waals surface area contributed by atoms with Gasteiger partial charge < -0.3 is 10.1 Å². The first-order chi connectivity index (χ1) is 22.6. The molecule has 6 rings (SSSR count). The van der Waals surface area contributed by atoms with E-state index < -0.39 is 10.8 Å². The topological polar surface area (TPSA) is 139 Å². The molecule has 0 aliphatic carbocycles. The fourth-order valence-electron chi connectivity index (χ4n) is 6.16. The molecule has 3 N–H and O–H groups in total. The van der Waals surface area contributed by atoms with Crippen LogP contribution < -0.4 is 10.1 Å². The molecule has 0 spiro atoms. The van der Waals surface area contributed by atoms with Crippen LogP contribution in [0.15, 0.2) is 72.0 Å². The Hall–Kier alpha value is -4.36. The van der Waals surface area contributed by atoms with Crippen LogP contribution >= 0.6 is 10.8 Å². The predicted molar refractivity (Wildman–Crippen MR) is 184 cm³/mol. The number of carbonyl (C=O) groups is 1. The number of pyridine rings is 2. The van der Waals surface area contributed by atoms with Gasteiger partial charge in [0.2, 0.25) is 11.8 Å². The van der Waals surface area contributed by atoms with Crippen LogP contribution in [0.5, 0.6) is 5.88 Å². The molecule has 1 aliphatic heterocycles. The lowest BCUT2D eigenvalue weighted by molar-refractivity contribution is -0.116. The molecule has 4 heterocycles. The summed E-state index contributed by atoms with van der Waals surface area (Å²) in [4.78, 5) is 22.4. The van der Waals surface area contributed by atoms with E-state index in [0.717, 1.165) is 44.4 Å². The van der Waals surface area contributed by atoms with Gasteiger partial charge in [-0.15, -0.1) is 15.9 Å². The van der Waals surface area contributed by atoms with E-state index in [2.05, 4.69) is 43.8 Å². The summed E-state index contributed by atoms with van der Waals surface area (Å²) < 4.78 is 32.9. The Balaban J connectivity index is 1.39.